The molecule has 0 aromatic carbocycles. The van der Waals surface area contributed by atoms with E-state index in [1.165, 1.54) is 0 Å². The molecule has 0 aromatic rings. The lowest BCUT2D eigenvalue weighted by atomic mass is 10.5. The lowest BCUT2D eigenvalue weighted by molar-refractivity contribution is -0.138. The number of carboxylic acids is 1. The summed E-state index contributed by atoms with van der Waals surface area (Å²) in [5.74, 6) is -0.855. The molecule has 0 heterocycles. The maximum atomic E-state index is 10.2. The Bertz CT molecular complexity index is 226. The zero-order chi connectivity index (χ0) is 12.9. The summed E-state index contributed by atoms with van der Waals surface area (Å²) in [7, 11) is 0. The number of nitrogens with one attached hydrogen (secondary N) is 2. The van der Waals surface area contributed by atoms with Gasteiger partial charge in [0.05, 0.1) is 32.8 Å². The van der Waals surface area contributed by atoms with E-state index < -0.39 is 5.97 Å². The van der Waals surface area contributed by atoms with Crippen LogP contribution in [0.2, 0.25) is 0 Å². The Labute approximate surface area is 107 Å². The number of ether oxygens (including phenoxy) is 2. The Hall–Kier alpha value is -0.920. The second-order valence-corrected chi connectivity index (χ2v) is 3.56. The minimum atomic E-state index is -0.855. The van der Waals surface area contributed by atoms with Crippen LogP contribution in [0.5, 0.6) is 0 Å². The van der Waals surface area contributed by atoms with Crippen molar-refractivity contribution in [1.29, 1.82) is 0 Å². The van der Waals surface area contributed by atoms with Crippen LogP contribution in [-0.4, -0.2) is 55.7 Å². The number of thiocarbonyl (C=S) groups is 1. The van der Waals surface area contributed by atoms with Gasteiger partial charge in [-0.25, -0.2) is 0 Å². The number of rotatable bonds is 10. The van der Waals surface area contributed by atoms with Crippen LogP contribution >= 0.6 is 12.2 Å². The first-order valence-electron chi connectivity index (χ1n) is 5.55. The molecule has 0 radical (unpaired) electrons. The van der Waals surface area contributed by atoms with E-state index in [-0.39, 0.29) is 13.0 Å². The molecule has 100 valence electrons. The van der Waals surface area contributed by atoms with Crippen molar-refractivity contribution in [2.75, 3.05) is 39.5 Å². The van der Waals surface area contributed by atoms with E-state index in [0.717, 1.165) is 6.54 Å². The number of hydrogen-bond donors (Lipinski definition) is 3. The fraction of sp³-hybridized carbons (Fsp3) is 0.800. The number of carboxylic acid groups (broad SMARTS) is 1. The molecule has 0 unspecified atom stereocenters. The van der Waals surface area contributed by atoms with E-state index in [0.29, 0.717) is 31.5 Å². The van der Waals surface area contributed by atoms with E-state index in [2.05, 4.69) is 10.6 Å². The topological polar surface area (TPSA) is 79.8 Å². The van der Waals surface area contributed by atoms with Crippen LogP contribution in [0.15, 0.2) is 0 Å². The fourth-order valence-electron chi connectivity index (χ4n) is 0.941. The highest BCUT2D eigenvalue weighted by atomic mass is 32.1. The summed E-state index contributed by atoms with van der Waals surface area (Å²) in [6.07, 6.45) is 0.0263. The Morgan fingerprint density at radius 2 is 1.82 bits per heavy atom. The van der Waals surface area contributed by atoms with Gasteiger partial charge in [-0.1, -0.05) is 0 Å². The highest BCUT2D eigenvalue weighted by Gasteiger charge is 1.96. The normalized spacial score (nSPS) is 9.94. The molecule has 0 aliphatic rings. The third-order valence-corrected chi connectivity index (χ3v) is 1.99. The summed E-state index contributed by atoms with van der Waals surface area (Å²) in [5.41, 5.74) is 0. The highest BCUT2D eigenvalue weighted by Crippen LogP contribution is 1.83. The molecule has 6 nitrogen and oxygen atoms in total. The summed E-state index contributed by atoms with van der Waals surface area (Å²) in [4.78, 5) is 10.2. The van der Waals surface area contributed by atoms with Gasteiger partial charge in [0.2, 0.25) is 0 Å². The summed E-state index contributed by atoms with van der Waals surface area (Å²) in [6, 6.07) is 0. The van der Waals surface area contributed by atoms with Crippen LogP contribution in [-0.2, 0) is 14.3 Å². The van der Waals surface area contributed by atoms with E-state index >= 15 is 0 Å². The molecule has 0 saturated heterocycles. The van der Waals surface area contributed by atoms with Crippen LogP contribution < -0.4 is 10.6 Å². The molecule has 0 rings (SSSR count). The molecule has 0 amide bonds. The van der Waals surface area contributed by atoms with E-state index in [9.17, 15) is 4.79 Å². The fourth-order valence-corrected chi connectivity index (χ4v) is 1.19. The zero-order valence-electron chi connectivity index (χ0n) is 10.0. The largest absolute Gasteiger partial charge is 0.481 e. The predicted octanol–water partition coefficient (Wildman–Crippen LogP) is -0.0217. The van der Waals surface area contributed by atoms with Crippen LogP contribution in [0.4, 0.5) is 0 Å². The second kappa shape index (κ2) is 11.6. The summed E-state index contributed by atoms with van der Waals surface area (Å²) in [5, 5.41) is 14.9. The van der Waals surface area contributed by atoms with Gasteiger partial charge in [-0.15, -0.1) is 0 Å². The van der Waals surface area contributed by atoms with Crippen molar-refractivity contribution in [1.82, 2.24) is 10.6 Å². The van der Waals surface area contributed by atoms with E-state index in [1.807, 2.05) is 6.92 Å². The standard InChI is InChI=1S/C10H20N2O4S/c1-2-11-10(17)12-4-6-16-8-7-15-5-3-9(13)14/h2-8H2,1H3,(H,13,14)(H2,11,12,17). The number of carbonyl (C=O) groups is 1. The summed E-state index contributed by atoms with van der Waals surface area (Å²) >= 11 is 4.95. The minimum absolute atomic E-state index is 0.0263. The second-order valence-electron chi connectivity index (χ2n) is 3.15. The Kier molecular flexibility index (Phi) is 10.9. The SMILES string of the molecule is CCNC(=S)NCCOCCOCCC(=O)O. The van der Waals surface area contributed by atoms with Gasteiger partial charge < -0.3 is 25.2 Å². The van der Waals surface area contributed by atoms with Crippen LogP contribution in [0.1, 0.15) is 13.3 Å². The van der Waals surface area contributed by atoms with Crippen molar-refractivity contribution in [3.8, 4) is 0 Å². The van der Waals surface area contributed by atoms with Crippen molar-refractivity contribution in [3.63, 3.8) is 0 Å². The predicted molar refractivity (Wildman–Crippen MR) is 68.2 cm³/mol. The molecule has 17 heavy (non-hydrogen) atoms. The van der Waals surface area contributed by atoms with Crippen molar-refractivity contribution < 1.29 is 19.4 Å². The average Bonchev–Trinajstić information content (AvgIpc) is 2.27. The third-order valence-electron chi connectivity index (χ3n) is 1.70. The monoisotopic (exact) mass is 264 g/mol. The molecule has 0 bridgehead atoms. The molecule has 0 atom stereocenters. The first kappa shape index (κ1) is 16.1. The number of aliphatic carboxylic acids is 1. The lowest BCUT2D eigenvalue weighted by Gasteiger charge is -2.09. The maximum Gasteiger partial charge on any atom is 0.305 e. The first-order valence-corrected chi connectivity index (χ1v) is 5.96. The van der Waals surface area contributed by atoms with Gasteiger partial charge in [0.1, 0.15) is 0 Å². The molecule has 0 aromatic heterocycles. The van der Waals surface area contributed by atoms with E-state index in [4.69, 9.17) is 26.8 Å². The van der Waals surface area contributed by atoms with E-state index in [1.54, 1.807) is 0 Å². The lowest BCUT2D eigenvalue weighted by Crippen LogP contribution is -2.36. The van der Waals surface area contributed by atoms with Gasteiger partial charge >= 0.3 is 5.97 Å². The molecule has 0 aliphatic heterocycles. The van der Waals surface area contributed by atoms with Gasteiger partial charge in [0, 0.05) is 13.1 Å². The van der Waals surface area contributed by atoms with Crippen molar-refractivity contribution >= 4 is 23.3 Å². The van der Waals surface area contributed by atoms with Gasteiger partial charge in [-0.2, -0.15) is 0 Å². The van der Waals surface area contributed by atoms with Gasteiger partial charge in [0.25, 0.3) is 0 Å². The maximum absolute atomic E-state index is 10.2. The van der Waals surface area contributed by atoms with Crippen LogP contribution in [0.25, 0.3) is 0 Å². The average molecular weight is 264 g/mol. The van der Waals surface area contributed by atoms with Gasteiger partial charge in [-0.3, -0.25) is 4.79 Å². The molecule has 0 fully saturated rings. The molecule has 3 N–H and O–H groups in total. The van der Waals surface area contributed by atoms with Crippen molar-refractivity contribution in [3.05, 3.63) is 0 Å². The van der Waals surface area contributed by atoms with Crippen LogP contribution in [0, 0.1) is 0 Å². The summed E-state index contributed by atoms with van der Waals surface area (Å²) in [6.45, 7) is 5.03. The van der Waals surface area contributed by atoms with Gasteiger partial charge in [-0.05, 0) is 19.1 Å². The highest BCUT2D eigenvalue weighted by molar-refractivity contribution is 7.80. The first-order chi connectivity index (χ1) is 8.16. The van der Waals surface area contributed by atoms with Crippen LogP contribution in [0.3, 0.4) is 0 Å². The zero-order valence-corrected chi connectivity index (χ0v) is 10.8. The smallest absolute Gasteiger partial charge is 0.305 e. The molecule has 7 heteroatoms. The minimum Gasteiger partial charge on any atom is -0.481 e. The number of hydrogen-bond acceptors (Lipinski definition) is 4. The Balaban J connectivity index is 3.08. The molecule has 0 spiro atoms. The molecule has 0 saturated carbocycles. The van der Waals surface area contributed by atoms with Crippen molar-refractivity contribution in [2.24, 2.45) is 0 Å². The van der Waals surface area contributed by atoms with Gasteiger partial charge in [0.15, 0.2) is 5.11 Å². The Morgan fingerprint density at radius 1 is 1.18 bits per heavy atom. The molecular formula is C10H20N2O4S. The van der Waals surface area contributed by atoms with Crippen molar-refractivity contribution in [2.45, 2.75) is 13.3 Å². The quantitative estimate of drug-likeness (QED) is 0.378. The molecule has 0 aliphatic carbocycles. The summed E-state index contributed by atoms with van der Waals surface area (Å²) < 4.78 is 10.3. The third kappa shape index (κ3) is 13.0. The molecular weight excluding hydrogens is 244 g/mol. The Morgan fingerprint density at radius 3 is 2.41 bits per heavy atom.